The van der Waals surface area contributed by atoms with E-state index < -0.39 is 0 Å². The van der Waals surface area contributed by atoms with Gasteiger partial charge in [0.05, 0.1) is 17.3 Å². The van der Waals surface area contributed by atoms with Gasteiger partial charge < -0.3 is 16.0 Å². The van der Waals surface area contributed by atoms with Gasteiger partial charge in [0.2, 0.25) is 11.8 Å². The van der Waals surface area contributed by atoms with Gasteiger partial charge in [0.15, 0.2) is 0 Å². The van der Waals surface area contributed by atoms with E-state index in [1.165, 1.54) is 11.3 Å². The number of thiophene rings is 1. The van der Waals surface area contributed by atoms with E-state index >= 15 is 0 Å². The summed E-state index contributed by atoms with van der Waals surface area (Å²) in [5.41, 5.74) is 5.23. The highest BCUT2D eigenvalue weighted by molar-refractivity contribution is 7.12. The first-order valence-electron chi connectivity index (χ1n) is 9.16. The molecule has 0 aliphatic carbocycles. The van der Waals surface area contributed by atoms with Gasteiger partial charge in [0.25, 0.3) is 5.91 Å². The van der Waals surface area contributed by atoms with Crippen molar-refractivity contribution in [2.75, 3.05) is 32.7 Å². The lowest BCUT2D eigenvalue weighted by Crippen LogP contribution is -2.50. The topological polar surface area (TPSA) is 95.7 Å². The second kappa shape index (κ2) is 8.64. The Hall–Kier alpha value is -1.93. The van der Waals surface area contributed by atoms with Gasteiger partial charge in [0.1, 0.15) is 0 Å². The Kier molecular flexibility index (Phi) is 6.26. The number of piperidine rings is 2. The molecular formula is C18H26N4O3S. The van der Waals surface area contributed by atoms with Crippen LogP contribution in [-0.2, 0) is 9.59 Å². The smallest absolute Gasteiger partial charge is 0.263 e. The zero-order valence-corrected chi connectivity index (χ0v) is 15.7. The van der Waals surface area contributed by atoms with Crippen LogP contribution in [0.15, 0.2) is 17.5 Å². The lowest BCUT2D eigenvalue weighted by molar-refractivity contribution is -0.127. The van der Waals surface area contributed by atoms with Crippen LogP contribution in [0.5, 0.6) is 0 Å². The first kappa shape index (κ1) is 18.8. The molecule has 142 valence electrons. The monoisotopic (exact) mass is 378 g/mol. The number of carbonyl (C=O) groups excluding carboxylic acids is 3. The lowest BCUT2D eigenvalue weighted by atomic mass is 9.95. The van der Waals surface area contributed by atoms with Gasteiger partial charge in [-0.05, 0) is 37.1 Å². The summed E-state index contributed by atoms with van der Waals surface area (Å²) in [6, 6.07) is 3.84. The summed E-state index contributed by atoms with van der Waals surface area (Å²) in [5, 5.41) is 5.03. The third-order valence-electron chi connectivity index (χ3n) is 5.12. The number of hydrogen-bond acceptors (Lipinski definition) is 5. The van der Waals surface area contributed by atoms with Crippen LogP contribution in [0.3, 0.4) is 0 Å². The fraction of sp³-hybridized carbons (Fsp3) is 0.611. The lowest BCUT2D eigenvalue weighted by Gasteiger charge is -2.35. The predicted octanol–water partition coefficient (Wildman–Crippen LogP) is 0.666. The van der Waals surface area contributed by atoms with E-state index in [0.717, 1.165) is 43.6 Å². The fourth-order valence-electron chi connectivity index (χ4n) is 3.71. The van der Waals surface area contributed by atoms with Crippen molar-refractivity contribution in [1.82, 2.24) is 15.1 Å². The zero-order chi connectivity index (χ0) is 18.5. The maximum Gasteiger partial charge on any atom is 0.263 e. The van der Waals surface area contributed by atoms with Crippen molar-refractivity contribution in [1.29, 1.82) is 0 Å². The van der Waals surface area contributed by atoms with E-state index in [1.807, 2.05) is 22.4 Å². The van der Waals surface area contributed by atoms with Gasteiger partial charge in [-0.3, -0.25) is 19.3 Å². The number of carbonyl (C=O) groups is 3. The molecule has 1 unspecified atom stereocenters. The molecule has 1 aromatic rings. The van der Waals surface area contributed by atoms with Crippen molar-refractivity contribution in [2.24, 2.45) is 11.7 Å². The molecule has 1 aromatic heterocycles. The van der Waals surface area contributed by atoms with E-state index in [-0.39, 0.29) is 36.2 Å². The van der Waals surface area contributed by atoms with Crippen molar-refractivity contribution in [3.8, 4) is 0 Å². The second-order valence-corrected chi connectivity index (χ2v) is 8.04. The molecule has 3 rings (SSSR count). The number of amides is 3. The van der Waals surface area contributed by atoms with Gasteiger partial charge in [-0.1, -0.05) is 6.07 Å². The Balaban J connectivity index is 1.47. The molecule has 2 aliphatic heterocycles. The SMILES string of the molecule is NC(=O)CN1CCC(NC(=O)C2CCCN(C(=O)c3cccs3)C2)CC1. The van der Waals surface area contributed by atoms with Crippen molar-refractivity contribution in [2.45, 2.75) is 31.7 Å². The van der Waals surface area contributed by atoms with E-state index in [0.29, 0.717) is 13.1 Å². The molecule has 3 amide bonds. The summed E-state index contributed by atoms with van der Waals surface area (Å²) in [6.45, 7) is 3.02. The Bertz CT molecular complexity index is 641. The van der Waals surface area contributed by atoms with Gasteiger partial charge in [-0.2, -0.15) is 0 Å². The summed E-state index contributed by atoms with van der Waals surface area (Å²) >= 11 is 1.44. The number of likely N-dealkylation sites (tertiary alicyclic amines) is 2. The van der Waals surface area contributed by atoms with Crippen LogP contribution in [0.4, 0.5) is 0 Å². The van der Waals surface area contributed by atoms with E-state index in [1.54, 1.807) is 4.90 Å². The molecular weight excluding hydrogens is 352 g/mol. The Labute approximate surface area is 157 Å². The highest BCUT2D eigenvalue weighted by atomic mass is 32.1. The highest BCUT2D eigenvalue weighted by Gasteiger charge is 2.31. The fourth-order valence-corrected chi connectivity index (χ4v) is 4.40. The molecule has 3 heterocycles. The van der Waals surface area contributed by atoms with Crippen LogP contribution >= 0.6 is 11.3 Å². The van der Waals surface area contributed by atoms with Gasteiger partial charge in [-0.25, -0.2) is 0 Å². The van der Waals surface area contributed by atoms with Crippen LogP contribution in [0.1, 0.15) is 35.4 Å². The first-order valence-corrected chi connectivity index (χ1v) is 10.0. The maximum absolute atomic E-state index is 12.6. The molecule has 2 aliphatic rings. The molecule has 0 aromatic carbocycles. The van der Waals surface area contributed by atoms with Crippen molar-refractivity contribution < 1.29 is 14.4 Å². The molecule has 8 heteroatoms. The minimum Gasteiger partial charge on any atom is -0.369 e. The first-order chi connectivity index (χ1) is 12.5. The third-order valence-corrected chi connectivity index (χ3v) is 5.98. The van der Waals surface area contributed by atoms with Gasteiger partial charge in [-0.15, -0.1) is 11.3 Å². The summed E-state index contributed by atoms with van der Waals surface area (Å²) in [6.07, 6.45) is 3.32. The maximum atomic E-state index is 12.6. The van der Waals surface area contributed by atoms with Crippen LogP contribution in [0.25, 0.3) is 0 Å². The van der Waals surface area contributed by atoms with Crippen LogP contribution < -0.4 is 11.1 Å². The molecule has 2 saturated heterocycles. The average Bonchev–Trinajstić information content (AvgIpc) is 3.17. The van der Waals surface area contributed by atoms with Crippen molar-refractivity contribution in [3.63, 3.8) is 0 Å². The molecule has 0 spiro atoms. The largest absolute Gasteiger partial charge is 0.369 e. The second-order valence-electron chi connectivity index (χ2n) is 7.09. The van der Waals surface area contributed by atoms with Gasteiger partial charge >= 0.3 is 0 Å². The Morgan fingerprint density at radius 3 is 2.62 bits per heavy atom. The minimum absolute atomic E-state index is 0.0252. The quantitative estimate of drug-likeness (QED) is 0.787. The number of nitrogens with two attached hydrogens (primary N) is 1. The zero-order valence-electron chi connectivity index (χ0n) is 14.9. The molecule has 0 bridgehead atoms. The number of primary amides is 1. The van der Waals surface area contributed by atoms with Crippen LogP contribution in [0, 0.1) is 5.92 Å². The Morgan fingerprint density at radius 1 is 1.19 bits per heavy atom. The predicted molar refractivity (Wildman–Crippen MR) is 99.7 cm³/mol. The van der Waals surface area contributed by atoms with Crippen molar-refractivity contribution >= 4 is 29.1 Å². The molecule has 7 nitrogen and oxygen atoms in total. The molecule has 26 heavy (non-hydrogen) atoms. The molecule has 0 radical (unpaired) electrons. The summed E-state index contributed by atoms with van der Waals surface area (Å²) in [4.78, 5) is 40.7. The van der Waals surface area contributed by atoms with Crippen molar-refractivity contribution in [3.05, 3.63) is 22.4 Å². The normalized spacial score (nSPS) is 22.2. The van der Waals surface area contributed by atoms with E-state index in [4.69, 9.17) is 5.73 Å². The average molecular weight is 378 g/mol. The molecule has 2 fully saturated rings. The minimum atomic E-state index is -0.315. The van der Waals surface area contributed by atoms with E-state index in [9.17, 15) is 14.4 Å². The van der Waals surface area contributed by atoms with Crippen LogP contribution in [0.2, 0.25) is 0 Å². The molecule has 0 saturated carbocycles. The summed E-state index contributed by atoms with van der Waals surface area (Å²) in [7, 11) is 0. The van der Waals surface area contributed by atoms with Gasteiger partial charge in [0, 0.05) is 32.2 Å². The van der Waals surface area contributed by atoms with Crippen LogP contribution in [-0.4, -0.2) is 66.3 Å². The summed E-state index contributed by atoms with van der Waals surface area (Å²) < 4.78 is 0. The third kappa shape index (κ3) is 4.82. The highest BCUT2D eigenvalue weighted by Crippen LogP contribution is 2.21. The molecule has 3 N–H and O–H groups in total. The number of hydrogen-bond donors (Lipinski definition) is 2. The number of nitrogens with zero attached hydrogens (tertiary/aromatic N) is 2. The summed E-state index contributed by atoms with van der Waals surface area (Å²) in [5.74, 6) is -0.388. The Morgan fingerprint density at radius 2 is 1.96 bits per heavy atom. The standard InChI is InChI=1S/C18H26N4O3S/c19-16(23)12-21-8-5-14(6-9-21)20-17(24)13-3-1-7-22(11-13)18(25)15-4-2-10-26-15/h2,4,10,13-14H,1,3,5-9,11-12H2,(H2,19,23)(H,20,24). The molecule has 1 atom stereocenters. The number of nitrogens with one attached hydrogen (secondary N) is 1. The van der Waals surface area contributed by atoms with E-state index in [2.05, 4.69) is 5.32 Å². The number of rotatable bonds is 5.